The van der Waals surface area contributed by atoms with E-state index in [1.807, 2.05) is 43.3 Å². The van der Waals surface area contributed by atoms with E-state index in [-0.39, 0.29) is 11.2 Å². The van der Waals surface area contributed by atoms with E-state index in [0.717, 1.165) is 28.5 Å². The third-order valence-corrected chi connectivity index (χ3v) is 4.63. The molecule has 0 saturated carbocycles. The summed E-state index contributed by atoms with van der Waals surface area (Å²) in [6.07, 6.45) is 2.57. The van der Waals surface area contributed by atoms with E-state index in [1.165, 1.54) is 0 Å². The number of esters is 1. The summed E-state index contributed by atoms with van der Waals surface area (Å²) in [7, 11) is 0. The normalized spacial score (nSPS) is 15.2. The van der Waals surface area contributed by atoms with E-state index in [4.69, 9.17) is 4.74 Å². The number of imide groups is 1. The van der Waals surface area contributed by atoms with E-state index in [2.05, 4.69) is 5.32 Å². The number of amides is 2. The average Bonchev–Trinajstić information content (AvgIpc) is 2.93. The summed E-state index contributed by atoms with van der Waals surface area (Å²) in [5, 5.41) is 1.84. The lowest BCUT2D eigenvalue weighted by molar-refractivity contribution is -0.134. The van der Waals surface area contributed by atoms with E-state index < -0.39 is 5.91 Å². The lowest BCUT2D eigenvalue weighted by Crippen LogP contribution is -2.17. The minimum absolute atomic E-state index is 0.292. The number of carbonyl (C=O) groups excluding carboxylic acids is 3. The molecule has 3 rings (SSSR count). The Hall–Kier alpha value is -2.86. The molecule has 1 aliphatic rings. The second-order valence-electron chi connectivity index (χ2n) is 5.84. The molecule has 1 saturated heterocycles. The Labute approximate surface area is 155 Å². The van der Waals surface area contributed by atoms with Crippen molar-refractivity contribution in [2.45, 2.75) is 19.8 Å². The molecule has 6 heteroatoms. The first-order chi connectivity index (χ1) is 12.5. The van der Waals surface area contributed by atoms with Crippen molar-refractivity contribution in [3.05, 3.63) is 70.1 Å². The van der Waals surface area contributed by atoms with E-state index >= 15 is 0 Å². The topological polar surface area (TPSA) is 72.5 Å². The molecule has 2 aromatic carbocycles. The summed E-state index contributed by atoms with van der Waals surface area (Å²) >= 11 is 0.870. The Kier molecular flexibility index (Phi) is 5.53. The van der Waals surface area contributed by atoms with Crippen molar-refractivity contribution in [2.75, 3.05) is 0 Å². The second-order valence-corrected chi connectivity index (χ2v) is 6.85. The van der Waals surface area contributed by atoms with Crippen LogP contribution in [-0.2, 0) is 16.0 Å². The number of hydrogen-bond acceptors (Lipinski definition) is 5. The van der Waals surface area contributed by atoms with Crippen molar-refractivity contribution in [1.82, 2.24) is 5.32 Å². The van der Waals surface area contributed by atoms with Crippen LogP contribution in [0.2, 0.25) is 0 Å². The monoisotopic (exact) mass is 367 g/mol. The fourth-order valence-electron chi connectivity index (χ4n) is 2.51. The lowest BCUT2D eigenvalue weighted by atomic mass is 10.1. The van der Waals surface area contributed by atoms with Gasteiger partial charge in [-0.2, -0.15) is 0 Å². The number of aryl methyl sites for hydroxylation is 2. The van der Waals surface area contributed by atoms with Gasteiger partial charge in [-0.25, -0.2) is 0 Å². The van der Waals surface area contributed by atoms with Crippen LogP contribution in [0.4, 0.5) is 4.79 Å². The van der Waals surface area contributed by atoms with Crippen LogP contribution in [0.25, 0.3) is 6.08 Å². The first-order valence-corrected chi connectivity index (χ1v) is 8.93. The number of hydrogen-bond donors (Lipinski definition) is 1. The van der Waals surface area contributed by atoms with Crippen LogP contribution in [0.5, 0.6) is 5.75 Å². The molecule has 26 heavy (non-hydrogen) atoms. The Morgan fingerprint density at radius 1 is 1.15 bits per heavy atom. The first kappa shape index (κ1) is 17.9. The molecular weight excluding hydrogens is 350 g/mol. The molecule has 132 valence electrons. The minimum Gasteiger partial charge on any atom is -0.426 e. The Bertz CT molecular complexity index is 890. The van der Waals surface area contributed by atoms with Crippen molar-refractivity contribution in [3.63, 3.8) is 0 Å². The van der Waals surface area contributed by atoms with Gasteiger partial charge >= 0.3 is 5.97 Å². The molecule has 0 aromatic heterocycles. The number of thioether (sulfide) groups is 1. The van der Waals surface area contributed by atoms with Crippen molar-refractivity contribution in [3.8, 4) is 5.75 Å². The first-order valence-electron chi connectivity index (χ1n) is 8.11. The molecule has 1 fully saturated rings. The van der Waals surface area contributed by atoms with Crippen molar-refractivity contribution in [2.24, 2.45) is 0 Å². The van der Waals surface area contributed by atoms with Gasteiger partial charge in [-0.05, 0) is 60.0 Å². The van der Waals surface area contributed by atoms with Crippen molar-refractivity contribution >= 4 is 35.0 Å². The summed E-state index contributed by atoms with van der Waals surface area (Å²) < 4.78 is 5.43. The van der Waals surface area contributed by atoms with E-state index in [1.54, 1.807) is 18.2 Å². The second kappa shape index (κ2) is 8.01. The van der Waals surface area contributed by atoms with Gasteiger partial charge in [0.25, 0.3) is 11.1 Å². The molecule has 2 aromatic rings. The van der Waals surface area contributed by atoms with E-state index in [0.29, 0.717) is 23.5 Å². The van der Waals surface area contributed by atoms with Crippen LogP contribution in [-0.4, -0.2) is 17.1 Å². The maximum Gasteiger partial charge on any atom is 0.311 e. The van der Waals surface area contributed by atoms with Gasteiger partial charge < -0.3 is 4.74 Å². The molecule has 0 unspecified atom stereocenters. The van der Waals surface area contributed by atoms with Gasteiger partial charge in [0.1, 0.15) is 5.75 Å². The fraction of sp³-hybridized carbons (Fsp3) is 0.150. The number of nitrogens with one attached hydrogen (secondary N) is 1. The van der Waals surface area contributed by atoms with Crippen LogP contribution in [0, 0.1) is 6.92 Å². The van der Waals surface area contributed by atoms with Crippen molar-refractivity contribution < 1.29 is 19.1 Å². The SMILES string of the molecule is Cc1cc(/C=C2\SC(=O)NC2=O)ccc1OC(=O)CCc1ccccc1. The largest absolute Gasteiger partial charge is 0.426 e. The summed E-state index contributed by atoms with van der Waals surface area (Å²) in [6.45, 7) is 1.83. The fourth-order valence-corrected chi connectivity index (χ4v) is 3.20. The maximum atomic E-state index is 12.1. The third kappa shape index (κ3) is 4.61. The number of ether oxygens (including phenoxy) is 1. The zero-order valence-electron chi connectivity index (χ0n) is 14.2. The quantitative estimate of drug-likeness (QED) is 0.494. The molecule has 5 nitrogen and oxygen atoms in total. The van der Waals surface area contributed by atoms with Gasteiger partial charge in [0.05, 0.1) is 4.91 Å². The molecule has 1 heterocycles. The molecular formula is C20H17NO4S. The lowest BCUT2D eigenvalue weighted by Gasteiger charge is -2.08. The molecule has 1 aliphatic heterocycles. The molecule has 0 radical (unpaired) electrons. The summed E-state index contributed by atoms with van der Waals surface area (Å²) in [5.74, 6) is -0.196. The van der Waals surface area contributed by atoms with Crippen LogP contribution < -0.4 is 10.1 Å². The highest BCUT2D eigenvalue weighted by Crippen LogP contribution is 2.27. The highest BCUT2D eigenvalue weighted by atomic mass is 32.2. The molecule has 0 aliphatic carbocycles. The van der Waals surface area contributed by atoms with Gasteiger partial charge in [-0.3, -0.25) is 19.7 Å². The average molecular weight is 367 g/mol. The van der Waals surface area contributed by atoms with Crippen LogP contribution in [0.3, 0.4) is 0 Å². The molecule has 2 amide bonds. The van der Waals surface area contributed by atoms with Crippen LogP contribution in [0.1, 0.15) is 23.1 Å². The summed E-state index contributed by atoms with van der Waals surface area (Å²) in [4.78, 5) is 35.2. The summed E-state index contributed by atoms with van der Waals surface area (Å²) in [6, 6.07) is 15.0. The van der Waals surface area contributed by atoms with Gasteiger partial charge in [-0.1, -0.05) is 36.4 Å². The highest BCUT2D eigenvalue weighted by molar-refractivity contribution is 8.18. The van der Waals surface area contributed by atoms with Gasteiger partial charge in [0.15, 0.2) is 0 Å². The minimum atomic E-state index is -0.394. The van der Waals surface area contributed by atoms with Gasteiger partial charge in [0, 0.05) is 6.42 Å². The maximum absolute atomic E-state index is 12.1. The highest BCUT2D eigenvalue weighted by Gasteiger charge is 2.24. The van der Waals surface area contributed by atoms with Crippen molar-refractivity contribution in [1.29, 1.82) is 0 Å². The predicted molar refractivity (Wildman–Crippen MR) is 101 cm³/mol. The Balaban J connectivity index is 1.62. The Morgan fingerprint density at radius 3 is 2.58 bits per heavy atom. The molecule has 0 bridgehead atoms. The number of rotatable bonds is 5. The molecule has 0 spiro atoms. The predicted octanol–water partition coefficient (Wildman–Crippen LogP) is 3.86. The van der Waals surface area contributed by atoms with Crippen LogP contribution in [0.15, 0.2) is 53.4 Å². The molecule has 0 atom stereocenters. The zero-order chi connectivity index (χ0) is 18.5. The van der Waals surface area contributed by atoms with Gasteiger partial charge in [0.2, 0.25) is 0 Å². The van der Waals surface area contributed by atoms with Crippen LogP contribution >= 0.6 is 11.8 Å². The zero-order valence-corrected chi connectivity index (χ0v) is 15.0. The standard InChI is InChI=1S/C20H17NO4S/c1-13-11-15(12-17-19(23)21-20(24)26-17)7-9-16(13)25-18(22)10-8-14-5-3-2-4-6-14/h2-7,9,11-12H,8,10H2,1H3,(H,21,23,24)/b17-12-. The third-order valence-electron chi connectivity index (χ3n) is 3.82. The smallest absolute Gasteiger partial charge is 0.311 e. The molecule has 1 N–H and O–H groups in total. The Morgan fingerprint density at radius 2 is 1.92 bits per heavy atom. The summed E-state index contributed by atoms with van der Waals surface area (Å²) in [5.41, 5.74) is 2.63. The van der Waals surface area contributed by atoms with Gasteiger partial charge in [-0.15, -0.1) is 0 Å². The number of carbonyl (C=O) groups is 3. The van der Waals surface area contributed by atoms with E-state index in [9.17, 15) is 14.4 Å². The number of benzene rings is 2.